The SMILES string of the molecule is C.CCC.[C-]#[N+]Cc1ccccc1C(=O)O.[I][V][I]. The number of halogens is 2. The number of hydrogen-bond acceptors (Lipinski definition) is 1. The number of nitrogens with zero attached hydrogens (tertiary/aromatic N) is 1. The number of carboxylic acids is 1. The molecule has 19 heavy (non-hydrogen) atoms. The van der Waals surface area contributed by atoms with Gasteiger partial charge in [-0.3, -0.25) is 0 Å². The summed E-state index contributed by atoms with van der Waals surface area (Å²) in [4.78, 5) is 13.7. The van der Waals surface area contributed by atoms with Crippen molar-refractivity contribution >= 4 is 45.9 Å². The molecule has 1 aromatic carbocycles. The molecule has 0 saturated carbocycles. The van der Waals surface area contributed by atoms with E-state index in [0.717, 1.165) is 0 Å². The fourth-order valence-corrected chi connectivity index (χ4v) is 0.952. The van der Waals surface area contributed by atoms with E-state index in [1.54, 1.807) is 18.2 Å². The van der Waals surface area contributed by atoms with E-state index < -0.39 is 5.97 Å². The van der Waals surface area contributed by atoms with E-state index in [0.29, 0.717) is 15.0 Å². The van der Waals surface area contributed by atoms with Crippen molar-refractivity contribution in [3.63, 3.8) is 0 Å². The molecule has 0 aromatic heterocycles. The number of hydrogen-bond donors (Lipinski definition) is 1. The van der Waals surface area contributed by atoms with Crippen molar-refractivity contribution in [3.05, 3.63) is 46.8 Å². The van der Waals surface area contributed by atoms with Gasteiger partial charge in [-0.1, -0.05) is 45.9 Å². The molecule has 3 nitrogen and oxygen atoms in total. The summed E-state index contributed by atoms with van der Waals surface area (Å²) in [6.45, 7) is 11.0. The van der Waals surface area contributed by atoms with Crippen LogP contribution in [0.4, 0.5) is 0 Å². The van der Waals surface area contributed by atoms with Crippen molar-refractivity contribution in [2.24, 2.45) is 0 Å². The Morgan fingerprint density at radius 2 is 1.79 bits per heavy atom. The molecule has 1 aromatic rings. The summed E-state index contributed by atoms with van der Waals surface area (Å²) < 4.78 is 0. The van der Waals surface area contributed by atoms with E-state index >= 15 is 0 Å². The van der Waals surface area contributed by atoms with Crippen LogP contribution in [0.25, 0.3) is 4.85 Å². The maximum atomic E-state index is 10.6. The minimum absolute atomic E-state index is 0. The first-order chi connectivity index (χ1) is 8.58. The first kappa shape index (κ1) is 24.3. The van der Waals surface area contributed by atoms with Crippen LogP contribution in [0.5, 0.6) is 0 Å². The second kappa shape index (κ2) is 18.2. The van der Waals surface area contributed by atoms with Gasteiger partial charge in [0.2, 0.25) is 6.54 Å². The molecule has 0 atom stereocenters. The Labute approximate surface area is 145 Å². The number of rotatable bonds is 2. The van der Waals surface area contributed by atoms with Gasteiger partial charge in [-0.25, -0.2) is 11.4 Å². The van der Waals surface area contributed by atoms with Gasteiger partial charge in [0, 0.05) is 5.56 Å². The third-order valence-electron chi connectivity index (χ3n) is 1.50. The molecule has 0 fully saturated rings. The van der Waals surface area contributed by atoms with Gasteiger partial charge in [0.15, 0.2) is 0 Å². The van der Waals surface area contributed by atoms with Crippen LogP contribution in [-0.2, 0) is 16.0 Å². The number of aromatic carboxylic acids is 1. The molecule has 1 N–H and O–H groups in total. The zero-order chi connectivity index (χ0) is 14.4. The first-order valence-electron chi connectivity index (χ1n) is 5.15. The summed E-state index contributed by atoms with van der Waals surface area (Å²) in [5, 5.41) is 8.69. The van der Waals surface area contributed by atoms with Crippen molar-refractivity contribution in [1.82, 2.24) is 0 Å². The van der Waals surface area contributed by atoms with Crippen LogP contribution in [0.3, 0.4) is 0 Å². The van der Waals surface area contributed by atoms with Crippen LogP contribution >= 0.6 is 40.0 Å². The van der Waals surface area contributed by atoms with Crippen LogP contribution in [0.1, 0.15) is 43.6 Å². The zero-order valence-electron chi connectivity index (χ0n) is 10.2. The molecule has 0 bridgehead atoms. The Kier molecular flexibility index (Phi) is 23.3. The third kappa shape index (κ3) is 14.4. The molecule has 0 saturated heterocycles. The van der Waals surface area contributed by atoms with Crippen molar-refractivity contribution in [3.8, 4) is 0 Å². The molecular weight excluding hydrogens is 507 g/mol. The quantitative estimate of drug-likeness (QED) is 0.402. The van der Waals surface area contributed by atoms with Crippen molar-refractivity contribution in [2.45, 2.75) is 34.2 Å². The average Bonchev–Trinajstić information content (AvgIpc) is 2.32. The summed E-state index contributed by atoms with van der Waals surface area (Å²) in [6.07, 6.45) is 1.25. The van der Waals surface area contributed by atoms with E-state index in [1.807, 2.05) is 0 Å². The Hall–Kier alpha value is 0.224. The fourth-order valence-electron chi connectivity index (χ4n) is 0.952. The average molecular weight is 526 g/mol. The van der Waals surface area contributed by atoms with Crippen molar-refractivity contribution in [1.29, 1.82) is 0 Å². The fraction of sp³-hybridized carbons (Fsp3) is 0.385. The Morgan fingerprint density at radius 1 is 1.37 bits per heavy atom. The maximum absolute atomic E-state index is 10.6. The van der Waals surface area contributed by atoms with E-state index in [2.05, 4.69) is 58.7 Å². The van der Waals surface area contributed by atoms with Gasteiger partial charge >= 0.3 is 55.4 Å². The van der Waals surface area contributed by atoms with Gasteiger partial charge < -0.3 is 9.95 Å². The molecule has 1 rings (SSSR count). The number of carbonyl (C=O) groups is 1. The molecule has 0 amide bonds. The molecule has 0 aliphatic carbocycles. The summed E-state index contributed by atoms with van der Waals surface area (Å²) in [6, 6.07) is 6.54. The Balaban J connectivity index is -0.000000314. The topological polar surface area (TPSA) is 41.7 Å². The van der Waals surface area contributed by atoms with Crippen LogP contribution in [0.2, 0.25) is 0 Å². The summed E-state index contributed by atoms with van der Waals surface area (Å²) in [5.41, 5.74) is 0.786. The molecular formula is C13H19I2NO2V. The monoisotopic (exact) mass is 526 g/mol. The molecule has 0 spiro atoms. The molecule has 107 valence electrons. The second-order valence-corrected chi connectivity index (χ2v) is 14.8. The molecule has 0 radical (unpaired) electrons. The molecule has 6 heteroatoms. The van der Waals surface area contributed by atoms with Gasteiger partial charge in [-0.2, -0.15) is 0 Å². The predicted octanol–water partition coefficient (Wildman–Crippen LogP) is 5.63. The van der Waals surface area contributed by atoms with E-state index in [9.17, 15) is 4.79 Å². The van der Waals surface area contributed by atoms with E-state index in [-0.39, 0.29) is 19.5 Å². The second-order valence-electron chi connectivity index (χ2n) is 3.05. The van der Waals surface area contributed by atoms with Gasteiger partial charge in [0.1, 0.15) is 0 Å². The van der Waals surface area contributed by atoms with Gasteiger partial charge in [0.25, 0.3) is 0 Å². The molecule has 0 unspecified atom stereocenters. The minimum atomic E-state index is -0.978. The Morgan fingerprint density at radius 3 is 2.16 bits per heavy atom. The van der Waals surface area contributed by atoms with Gasteiger partial charge in [-0.15, -0.1) is 0 Å². The third-order valence-corrected chi connectivity index (χ3v) is 1.50. The zero-order valence-corrected chi connectivity index (χ0v) is 15.9. The van der Waals surface area contributed by atoms with Crippen LogP contribution < -0.4 is 0 Å². The van der Waals surface area contributed by atoms with Crippen LogP contribution in [0, 0.1) is 6.57 Å². The van der Waals surface area contributed by atoms with Crippen LogP contribution in [-0.4, -0.2) is 11.1 Å². The van der Waals surface area contributed by atoms with Crippen molar-refractivity contribution < 1.29 is 19.4 Å². The van der Waals surface area contributed by atoms with Gasteiger partial charge in [0.05, 0.1) is 5.56 Å². The molecule has 0 aliphatic heterocycles. The predicted molar refractivity (Wildman–Crippen MR) is 94.4 cm³/mol. The van der Waals surface area contributed by atoms with E-state index in [4.69, 9.17) is 11.7 Å². The van der Waals surface area contributed by atoms with E-state index in [1.165, 1.54) is 12.5 Å². The first-order valence-corrected chi connectivity index (χ1v) is 14.2. The Bertz CT molecular complexity index is 379. The molecule has 0 aliphatic rings. The van der Waals surface area contributed by atoms with Crippen molar-refractivity contribution in [2.75, 3.05) is 0 Å². The molecule has 0 heterocycles. The summed E-state index contributed by atoms with van der Waals surface area (Å²) in [5.74, 6) is -0.978. The van der Waals surface area contributed by atoms with Gasteiger partial charge in [-0.05, 0) is 6.07 Å². The normalized spacial score (nSPS) is 7.32. The number of carboxylic acid groups (broad SMARTS) is 1. The summed E-state index contributed by atoms with van der Waals surface area (Å²) in [7, 11) is 0.628. The van der Waals surface area contributed by atoms with Crippen LogP contribution in [0.15, 0.2) is 24.3 Å². The number of benzene rings is 1. The standard InChI is InChI=1S/C9H7NO2.C3H8.CH4.2HI.V/c1-10-6-7-4-2-3-5-8(7)9(11)12;1-3-2;;;;/h2-5H,6H2,(H,11,12);3H2,1-2H3;1H4;2*1H;/q;;;;;+2/p-2. The summed E-state index contributed by atoms with van der Waals surface area (Å²) >= 11 is 4.74.